The molecule has 0 atom stereocenters. The van der Waals surface area contributed by atoms with E-state index in [1.165, 1.54) is 4.90 Å². The zero-order chi connectivity index (χ0) is 13.1. The molecule has 1 aromatic rings. The predicted octanol–water partition coefficient (Wildman–Crippen LogP) is 3.47. The number of thioether (sulfide) groups is 2. The van der Waals surface area contributed by atoms with E-state index in [4.69, 9.17) is 9.73 Å². The van der Waals surface area contributed by atoms with Crippen molar-refractivity contribution in [2.24, 2.45) is 4.99 Å². The fraction of sp³-hybridized carbons (Fsp3) is 0.500. The van der Waals surface area contributed by atoms with Crippen LogP contribution < -0.4 is 5.32 Å². The van der Waals surface area contributed by atoms with Gasteiger partial charge in [-0.05, 0) is 37.3 Å². The van der Waals surface area contributed by atoms with Gasteiger partial charge in [0.15, 0.2) is 5.17 Å². The van der Waals surface area contributed by atoms with Crippen molar-refractivity contribution in [1.82, 2.24) is 0 Å². The Morgan fingerprint density at radius 3 is 3.00 bits per heavy atom. The molecular weight excluding hydrogens is 276 g/mol. The van der Waals surface area contributed by atoms with Crippen LogP contribution in [0.5, 0.6) is 0 Å². The summed E-state index contributed by atoms with van der Waals surface area (Å²) in [6.45, 7) is 1.69. The molecule has 0 radical (unpaired) electrons. The van der Waals surface area contributed by atoms with Gasteiger partial charge in [0.05, 0.1) is 5.54 Å². The molecule has 3 nitrogen and oxygen atoms in total. The standard InChI is InChI=1S/C14H18N2OS2/c1-18-12-4-2-3-11(9-12)15-13-16-14(10-19-13)5-7-17-8-6-14/h2-4,9H,5-8,10H2,1H3,(H,15,16). The first kappa shape index (κ1) is 13.3. The van der Waals surface area contributed by atoms with Gasteiger partial charge in [-0.2, -0.15) is 0 Å². The van der Waals surface area contributed by atoms with Crippen LogP contribution in [0, 0.1) is 0 Å². The molecule has 2 aliphatic rings. The second-order valence-electron chi connectivity index (χ2n) is 4.90. The first-order valence-electron chi connectivity index (χ1n) is 6.51. The molecule has 0 amide bonds. The summed E-state index contributed by atoms with van der Waals surface area (Å²) in [5.41, 5.74) is 1.25. The monoisotopic (exact) mass is 294 g/mol. The van der Waals surface area contributed by atoms with Gasteiger partial charge < -0.3 is 10.1 Å². The molecule has 1 saturated heterocycles. The summed E-state index contributed by atoms with van der Waals surface area (Å²) in [4.78, 5) is 6.18. The predicted molar refractivity (Wildman–Crippen MR) is 84.5 cm³/mol. The molecule has 5 heteroatoms. The number of aliphatic imine (C=N–C) groups is 1. The number of anilines is 1. The van der Waals surface area contributed by atoms with Gasteiger partial charge in [-0.15, -0.1) is 11.8 Å². The van der Waals surface area contributed by atoms with Gasteiger partial charge in [-0.25, -0.2) is 0 Å². The van der Waals surface area contributed by atoms with Crippen molar-refractivity contribution in [3.63, 3.8) is 0 Å². The number of nitrogens with zero attached hydrogens (tertiary/aromatic N) is 1. The van der Waals surface area contributed by atoms with Crippen LogP contribution in [0.15, 0.2) is 34.2 Å². The molecule has 3 rings (SSSR count). The molecule has 2 aliphatic heterocycles. The lowest BCUT2D eigenvalue weighted by molar-refractivity contribution is 0.0624. The van der Waals surface area contributed by atoms with Crippen LogP contribution in [0.4, 0.5) is 5.69 Å². The number of rotatable bonds is 2. The lowest BCUT2D eigenvalue weighted by atomic mass is 9.93. The zero-order valence-electron chi connectivity index (χ0n) is 11.0. The summed E-state index contributed by atoms with van der Waals surface area (Å²) >= 11 is 3.59. The third-order valence-corrected chi connectivity index (χ3v) is 5.43. The van der Waals surface area contributed by atoms with Crippen LogP contribution in [0.25, 0.3) is 0 Å². The molecular formula is C14H18N2OS2. The smallest absolute Gasteiger partial charge is 0.161 e. The Labute approximate surface area is 122 Å². The van der Waals surface area contributed by atoms with E-state index in [0.29, 0.717) is 0 Å². The average molecular weight is 294 g/mol. The fourth-order valence-corrected chi connectivity index (χ4v) is 4.04. The summed E-state index contributed by atoms with van der Waals surface area (Å²) in [6, 6.07) is 8.47. The summed E-state index contributed by atoms with van der Waals surface area (Å²) in [5.74, 6) is 1.08. The number of amidine groups is 1. The average Bonchev–Trinajstić information content (AvgIpc) is 2.82. The van der Waals surface area contributed by atoms with E-state index in [0.717, 1.165) is 42.7 Å². The van der Waals surface area contributed by atoms with Gasteiger partial charge in [0.2, 0.25) is 0 Å². The van der Waals surface area contributed by atoms with Gasteiger partial charge in [0.1, 0.15) is 0 Å². The highest BCUT2D eigenvalue weighted by Gasteiger charge is 2.37. The lowest BCUT2D eigenvalue weighted by Gasteiger charge is -2.29. The van der Waals surface area contributed by atoms with Crippen molar-refractivity contribution < 1.29 is 4.74 Å². The maximum Gasteiger partial charge on any atom is 0.161 e. The Hall–Kier alpha value is -0.650. The highest BCUT2D eigenvalue weighted by molar-refractivity contribution is 8.14. The number of hydrogen-bond donors (Lipinski definition) is 1. The SMILES string of the molecule is CSc1cccc(NC2=NC3(CCOCC3)CS2)c1. The van der Waals surface area contributed by atoms with E-state index in [-0.39, 0.29) is 5.54 Å². The van der Waals surface area contributed by atoms with Crippen LogP contribution in [-0.2, 0) is 4.74 Å². The van der Waals surface area contributed by atoms with Gasteiger partial charge in [-0.3, -0.25) is 4.99 Å². The van der Waals surface area contributed by atoms with Gasteiger partial charge >= 0.3 is 0 Å². The number of ether oxygens (including phenoxy) is 1. The van der Waals surface area contributed by atoms with Crippen molar-refractivity contribution in [1.29, 1.82) is 0 Å². The fourth-order valence-electron chi connectivity index (χ4n) is 2.38. The third kappa shape index (κ3) is 3.09. The summed E-state index contributed by atoms with van der Waals surface area (Å²) in [6.07, 6.45) is 4.20. The van der Waals surface area contributed by atoms with E-state index in [9.17, 15) is 0 Å². The molecule has 1 N–H and O–H groups in total. The molecule has 0 aliphatic carbocycles. The van der Waals surface area contributed by atoms with Crippen LogP contribution in [-0.4, -0.2) is 35.9 Å². The molecule has 0 aromatic heterocycles. The quantitative estimate of drug-likeness (QED) is 0.847. The molecule has 1 fully saturated rings. The molecule has 0 saturated carbocycles. The topological polar surface area (TPSA) is 33.6 Å². The van der Waals surface area contributed by atoms with E-state index in [1.807, 2.05) is 11.8 Å². The molecule has 1 aromatic carbocycles. The van der Waals surface area contributed by atoms with Crippen molar-refractivity contribution in [2.75, 3.05) is 30.5 Å². The molecule has 2 heterocycles. The Balaban J connectivity index is 1.71. The Kier molecular flexibility index (Phi) is 4.05. The summed E-state index contributed by atoms with van der Waals surface area (Å²) in [7, 11) is 0. The summed E-state index contributed by atoms with van der Waals surface area (Å²) < 4.78 is 5.44. The van der Waals surface area contributed by atoms with E-state index < -0.39 is 0 Å². The second kappa shape index (κ2) is 5.77. The third-order valence-electron chi connectivity index (χ3n) is 3.56. The minimum Gasteiger partial charge on any atom is -0.381 e. The molecule has 102 valence electrons. The largest absolute Gasteiger partial charge is 0.381 e. The van der Waals surface area contributed by atoms with Crippen molar-refractivity contribution in [3.05, 3.63) is 24.3 Å². The number of nitrogens with one attached hydrogen (secondary N) is 1. The Morgan fingerprint density at radius 2 is 2.21 bits per heavy atom. The maximum absolute atomic E-state index is 5.44. The maximum atomic E-state index is 5.44. The van der Waals surface area contributed by atoms with Crippen LogP contribution in [0.2, 0.25) is 0 Å². The van der Waals surface area contributed by atoms with Gasteiger partial charge in [-0.1, -0.05) is 17.8 Å². The second-order valence-corrected chi connectivity index (χ2v) is 6.74. The molecule has 19 heavy (non-hydrogen) atoms. The normalized spacial score (nSPS) is 21.4. The zero-order valence-corrected chi connectivity index (χ0v) is 12.6. The van der Waals surface area contributed by atoms with Gasteiger partial charge in [0.25, 0.3) is 0 Å². The Morgan fingerprint density at radius 1 is 1.37 bits per heavy atom. The summed E-state index contributed by atoms with van der Waals surface area (Å²) in [5, 5.41) is 4.50. The van der Waals surface area contributed by atoms with E-state index in [2.05, 4.69) is 35.8 Å². The first-order chi connectivity index (χ1) is 9.30. The van der Waals surface area contributed by atoms with Crippen molar-refractivity contribution in [3.8, 4) is 0 Å². The van der Waals surface area contributed by atoms with Crippen LogP contribution >= 0.6 is 23.5 Å². The Bertz CT molecular complexity index is 484. The van der Waals surface area contributed by atoms with Gasteiger partial charge in [0, 0.05) is 29.5 Å². The highest BCUT2D eigenvalue weighted by atomic mass is 32.2. The minimum absolute atomic E-state index is 0.127. The first-order valence-corrected chi connectivity index (χ1v) is 8.72. The molecule has 0 bridgehead atoms. The molecule has 1 spiro atoms. The van der Waals surface area contributed by atoms with Crippen LogP contribution in [0.3, 0.4) is 0 Å². The molecule has 0 unspecified atom stereocenters. The van der Waals surface area contributed by atoms with Crippen molar-refractivity contribution in [2.45, 2.75) is 23.3 Å². The lowest BCUT2D eigenvalue weighted by Crippen LogP contribution is -2.34. The van der Waals surface area contributed by atoms with E-state index >= 15 is 0 Å². The minimum atomic E-state index is 0.127. The number of hydrogen-bond acceptors (Lipinski definition) is 5. The highest BCUT2D eigenvalue weighted by Crippen LogP contribution is 2.36. The van der Waals surface area contributed by atoms with E-state index in [1.54, 1.807) is 11.8 Å². The van der Waals surface area contributed by atoms with Crippen molar-refractivity contribution >= 4 is 34.4 Å². The number of benzene rings is 1. The van der Waals surface area contributed by atoms with Crippen LogP contribution in [0.1, 0.15) is 12.8 Å².